The standard InChI is InChI=1S/2C14H12N2O.2CHNS.Ru/c1-11(14-4-2-3-9-15-14)16-13-7-5-12(10-17)6-8-13;1-11-5-7-12(8-6-11)16-14(10-17)13-4-2-3-9-15-13;2*2-1-3;/h2*2-10H,1H3;2*3H;/q;;;;+2/p-2. The Morgan fingerprint density at radius 1 is 0.756 bits per heavy atom. The van der Waals surface area contributed by atoms with Crippen molar-refractivity contribution in [2.24, 2.45) is 9.98 Å². The minimum Gasteiger partial charge on any atom is -0.696 e. The maximum Gasteiger partial charge on any atom is 2.00 e. The number of hydrogen-bond acceptors (Lipinski definition) is 10. The second-order valence-electron chi connectivity index (χ2n) is 7.47. The molecule has 0 spiro atoms. The molecule has 0 aliphatic carbocycles. The van der Waals surface area contributed by atoms with Gasteiger partial charge in [-0.1, -0.05) is 40.6 Å². The molecule has 0 amide bonds. The molecular formula is C30H24N6O2RuS2. The van der Waals surface area contributed by atoms with Gasteiger partial charge in [0.1, 0.15) is 12.0 Å². The number of carbonyl (C=O) groups excluding carboxylic acids is 2. The van der Waals surface area contributed by atoms with E-state index in [1.54, 1.807) is 36.7 Å². The normalized spacial score (nSPS) is 9.66. The van der Waals surface area contributed by atoms with Gasteiger partial charge in [-0.2, -0.15) is 0 Å². The second kappa shape index (κ2) is 22.3. The van der Waals surface area contributed by atoms with Crippen molar-refractivity contribution in [3.8, 4) is 10.8 Å². The summed E-state index contributed by atoms with van der Waals surface area (Å²) in [4.78, 5) is 38.6. The van der Waals surface area contributed by atoms with Gasteiger partial charge in [0, 0.05) is 18.0 Å². The SMILES string of the molecule is CC(=Nc1ccc(C=O)cc1)c1ccccn1.Cc1ccc(N=C(C=O)c2ccccn2)cc1.N#C[S-].N#C[S-].[Ru+2]. The van der Waals surface area contributed by atoms with Gasteiger partial charge in [-0.15, -0.1) is 0 Å². The summed E-state index contributed by atoms with van der Waals surface area (Å²) in [5.41, 5.74) is 6.02. The molecule has 2 aromatic heterocycles. The molecule has 0 bridgehead atoms. The van der Waals surface area contributed by atoms with Gasteiger partial charge in [-0.05, 0) is 74.5 Å². The van der Waals surface area contributed by atoms with Crippen LogP contribution in [0.4, 0.5) is 11.4 Å². The fourth-order valence-electron chi connectivity index (χ4n) is 2.87. The number of rotatable bonds is 6. The molecule has 0 unspecified atom stereocenters. The summed E-state index contributed by atoms with van der Waals surface area (Å²) in [5, 5.41) is 16.9. The summed E-state index contributed by atoms with van der Waals surface area (Å²) in [6, 6.07) is 25.9. The van der Waals surface area contributed by atoms with Crippen LogP contribution in [-0.2, 0) is 49.5 Å². The Bertz CT molecular complexity index is 1460. The summed E-state index contributed by atoms with van der Waals surface area (Å²) >= 11 is 7.40. The van der Waals surface area contributed by atoms with Crippen molar-refractivity contribution >= 4 is 60.6 Å². The van der Waals surface area contributed by atoms with Gasteiger partial charge in [0.15, 0.2) is 6.29 Å². The van der Waals surface area contributed by atoms with Crippen molar-refractivity contribution in [1.29, 1.82) is 10.5 Å². The van der Waals surface area contributed by atoms with Gasteiger partial charge in [0.2, 0.25) is 0 Å². The smallest absolute Gasteiger partial charge is 0.696 e. The molecule has 0 fully saturated rings. The van der Waals surface area contributed by atoms with E-state index in [9.17, 15) is 9.59 Å². The van der Waals surface area contributed by atoms with Gasteiger partial charge in [0.05, 0.1) is 28.5 Å². The van der Waals surface area contributed by atoms with E-state index in [4.69, 9.17) is 10.5 Å². The monoisotopic (exact) mass is 666 g/mol. The topological polar surface area (TPSA) is 132 Å². The maximum atomic E-state index is 11.0. The van der Waals surface area contributed by atoms with Gasteiger partial charge in [0.25, 0.3) is 0 Å². The third-order valence-electron chi connectivity index (χ3n) is 4.68. The zero-order valence-corrected chi connectivity index (χ0v) is 25.4. The molecule has 0 N–H and O–H groups in total. The summed E-state index contributed by atoms with van der Waals surface area (Å²) in [5.74, 6) is 0. The minimum atomic E-state index is 0. The summed E-state index contributed by atoms with van der Waals surface area (Å²) in [7, 11) is 0. The first kappa shape index (κ1) is 36.5. The van der Waals surface area contributed by atoms with Crippen molar-refractivity contribution in [2.45, 2.75) is 13.8 Å². The van der Waals surface area contributed by atoms with Gasteiger partial charge in [-0.3, -0.25) is 24.5 Å². The molecule has 0 saturated carbocycles. The minimum absolute atomic E-state index is 0. The first-order valence-corrected chi connectivity index (χ1v) is 12.3. The van der Waals surface area contributed by atoms with Crippen LogP contribution in [-0.4, -0.2) is 34.0 Å². The Hall–Kier alpha value is -4.54. The molecule has 206 valence electrons. The number of pyridine rings is 2. The maximum absolute atomic E-state index is 11.0. The number of nitriles is 2. The molecular weight excluding hydrogens is 642 g/mol. The third kappa shape index (κ3) is 15.0. The molecule has 0 saturated heterocycles. The molecule has 2 heterocycles. The van der Waals surface area contributed by atoms with Crippen LogP contribution < -0.4 is 0 Å². The number of aryl methyl sites for hydroxylation is 1. The molecule has 41 heavy (non-hydrogen) atoms. The number of thiocyanates is 2. The van der Waals surface area contributed by atoms with E-state index < -0.39 is 0 Å². The molecule has 0 atom stereocenters. The Labute approximate surface area is 263 Å². The predicted molar refractivity (Wildman–Crippen MR) is 162 cm³/mol. The van der Waals surface area contributed by atoms with Crippen LogP contribution in [0.25, 0.3) is 0 Å². The number of hydrogen-bond donors (Lipinski definition) is 0. The number of benzene rings is 2. The fourth-order valence-corrected chi connectivity index (χ4v) is 2.87. The molecule has 4 rings (SSSR count). The van der Waals surface area contributed by atoms with E-state index >= 15 is 0 Å². The third-order valence-corrected chi connectivity index (χ3v) is 4.68. The Balaban J connectivity index is 0.000000642. The number of aldehydes is 2. The number of nitrogens with zero attached hydrogens (tertiary/aromatic N) is 6. The Morgan fingerprint density at radius 3 is 1.66 bits per heavy atom. The molecule has 8 nitrogen and oxygen atoms in total. The van der Waals surface area contributed by atoms with Gasteiger partial charge < -0.3 is 25.3 Å². The van der Waals surface area contributed by atoms with E-state index in [0.29, 0.717) is 17.0 Å². The van der Waals surface area contributed by atoms with Crippen molar-refractivity contribution in [3.05, 3.63) is 120 Å². The summed E-state index contributed by atoms with van der Waals surface area (Å²) in [6.45, 7) is 3.92. The van der Waals surface area contributed by atoms with E-state index in [2.05, 4.69) is 45.2 Å². The van der Waals surface area contributed by atoms with E-state index in [0.717, 1.165) is 40.9 Å². The first-order chi connectivity index (χ1) is 19.4. The number of carbonyl (C=O) groups is 2. The molecule has 4 aromatic rings. The number of aliphatic imine (C=N–C) groups is 2. The average molecular weight is 666 g/mol. The largest absolute Gasteiger partial charge is 2.00 e. The van der Waals surface area contributed by atoms with Crippen LogP contribution in [0, 0.1) is 28.3 Å². The molecule has 11 heteroatoms. The quantitative estimate of drug-likeness (QED) is 0.0834. The van der Waals surface area contributed by atoms with Crippen molar-refractivity contribution in [3.63, 3.8) is 0 Å². The van der Waals surface area contributed by atoms with Crippen LogP contribution in [0.2, 0.25) is 0 Å². The van der Waals surface area contributed by atoms with Crippen molar-refractivity contribution < 1.29 is 29.1 Å². The predicted octanol–water partition coefficient (Wildman–Crippen LogP) is 5.77. The fraction of sp³-hybridized carbons (Fsp3) is 0.0667. The van der Waals surface area contributed by atoms with Gasteiger partial charge >= 0.3 is 19.5 Å². The zero-order valence-electron chi connectivity index (χ0n) is 22.1. The molecule has 0 aliphatic rings. The zero-order chi connectivity index (χ0) is 29.6. The van der Waals surface area contributed by atoms with Crippen LogP contribution in [0.5, 0.6) is 0 Å². The summed E-state index contributed by atoms with van der Waals surface area (Å²) in [6.07, 6.45) is 4.93. The van der Waals surface area contributed by atoms with Crippen LogP contribution in [0.3, 0.4) is 0 Å². The van der Waals surface area contributed by atoms with Crippen molar-refractivity contribution in [2.75, 3.05) is 0 Å². The molecule has 0 aliphatic heterocycles. The van der Waals surface area contributed by atoms with E-state index in [1.165, 1.54) is 10.8 Å². The Morgan fingerprint density at radius 2 is 1.22 bits per heavy atom. The Kier molecular flexibility index (Phi) is 19.8. The van der Waals surface area contributed by atoms with Crippen LogP contribution in [0.15, 0.2) is 107 Å². The number of aromatic nitrogens is 2. The molecule has 0 radical (unpaired) electrons. The van der Waals surface area contributed by atoms with Crippen molar-refractivity contribution in [1.82, 2.24) is 9.97 Å². The van der Waals surface area contributed by atoms with Gasteiger partial charge in [-0.25, -0.2) is 15.5 Å². The van der Waals surface area contributed by atoms with Crippen LogP contribution in [0.1, 0.15) is 34.2 Å². The van der Waals surface area contributed by atoms with Crippen LogP contribution >= 0.6 is 0 Å². The summed E-state index contributed by atoms with van der Waals surface area (Å²) < 4.78 is 0. The van der Waals surface area contributed by atoms with E-state index in [-0.39, 0.29) is 19.5 Å². The average Bonchev–Trinajstić information content (AvgIpc) is 2.99. The molecule has 2 aromatic carbocycles. The second-order valence-corrected chi connectivity index (χ2v) is 7.83. The first-order valence-electron chi connectivity index (χ1n) is 11.5. The van der Waals surface area contributed by atoms with E-state index in [1.807, 2.05) is 74.5 Å².